The molecule has 4 rings (SSSR count). The van der Waals surface area contributed by atoms with Gasteiger partial charge in [0.05, 0.1) is 16.7 Å². The molecule has 2 heterocycles. The number of nitro benzene ring substituents is 1. The van der Waals surface area contributed by atoms with E-state index in [9.17, 15) is 24.8 Å². The first-order valence-electron chi connectivity index (χ1n) is 9.36. The number of fused-ring (bicyclic) bond motifs is 1. The lowest BCUT2D eigenvalue weighted by Crippen LogP contribution is -2.32. The topological polar surface area (TPSA) is 132 Å². The Morgan fingerprint density at radius 1 is 1.13 bits per heavy atom. The minimum atomic E-state index is -1.18. The second-order valence-corrected chi connectivity index (χ2v) is 6.95. The Balaban J connectivity index is 1.78. The monoisotopic (exact) mass is 405 g/mol. The summed E-state index contributed by atoms with van der Waals surface area (Å²) in [6.07, 6.45) is 0.0599. The van der Waals surface area contributed by atoms with Crippen LogP contribution < -0.4 is 5.11 Å². The van der Waals surface area contributed by atoms with Crippen LogP contribution in [-0.4, -0.2) is 38.4 Å². The van der Waals surface area contributed by atoms with E-state index in [1.54, 1.807) is 17.0 Å². The van der Waals surface area contributed by atoms with Crippen molar-refractivity contribution in [3.05, 3.63) is 81.5 Å². The number of nitrogens with zero attached hydrogens (tertiary/aromatic N) is 3. The van der Waals surface area contributed by atoms with Crippen LogP contribution in [0, 0.1) is 10.1 Å². The summed E-state index contributed by atoms with van der Waals surface area (Å²) >= 11 is 0. The van der Waals surface area contributed by atoms with E-state index >= 15 is 0 Å². The highest BCUT2D eigenvalue weighted by Crippen LogP contribution is 2.43. The number of amides is 1. The van der Waals surface area contributed by atoms with Gasteiger partial charge in [-0.1, -0.05) is 30.3 Å². The van der Waals surface area contributed by atoms with Gasteiger partial charge in [-0.15, -0.1) is 0 Å². The standard InChI is InChI=1S/C21H18N4O5/c26-16(27)7-4-12-24-20(14-8-10-15(11-9-14)25(29)30)17-18(13-5-2-1-3-6-13)22-23-19(17)21(24)28/h1-3,5-6,8-11,20H,4,7,12H2,(H,22,23)(H,26,27)/p-1/t20-/m1/s1. The number of aliphatic carboxylic acids is 1. The molecule has 0 saturated carbocycles. The van der Waals surface area contributed by atoms with Gasteiger partial charge in [0.25, 0.3) is 11.6 Å². The molecule has 9 heteroatoms. The van der Waals surface area contributed by atoms with Crippen LogP contribution in [0.1, 0.15) is 40.5 Å². The Kier molecular flexibility index (Phi) is 5.01. The summed E-state index contributed by atoms with van der Waals surface area (Å²) in [5.41, 5.74) is 3.08. The highest BCUT2D eigenvalue weighted by atomic mass is 16.6. The first-order valence-corrected chi connectivity index (χ1v) is 9.36. The number of carbonyl (C=O) groups is 2. The van der Waals surface area contributed by atoms with Crippen molar-refractivity contribution in [3.63, 3.8) is 0 Å². The van der Waals surface area contributed by atoms with Crippen LogP contribution in [0.3, 0.4) is 0 Å². The van der Waals surface area contributed by atoms with Crippen molar-refractivity contribution in [1.82, 2.24) is 15.1 Å². The number of nitro groups is 1. The molecule has 0 fully saturated rings. The van der Waals surface area contributed by atoms with Crippen molar-refractivity contribution in [1.29, 1.82) is 0 Å². The van der Waals surface area contributed by atoms with Crippen LogP contribution in [0.25, 0.3) is 11.3 Å². The molecule has 1 N–H and O–H groups in total. The van der Waals surface area contributed by atoms with E-state index in [4.69, 9.17) is 0 Å². The summed E-state index contributed by atoms with van der Waals surface area (Å²) < 4.78 is 0. The molecule has 152 valence electrons. The SMILES string of the molecule is O=C([O-])CCCN1C(=O)c2[nH]nc(-c3ccccc3)c2[C@H]1c1ccc([N+](=O)[O-])cc1. The van der Waals surface area contributed by atoms with Gasteiger partial charge in [0.1, 0.15) is 5.69 Å². The van der Waals surface area contributed by atoms with Gasteiger partial charge in [-0.25, -0.2) is 0 Å². The molecule has 0 bridgehead atoms. The van der Waals surface area contributed by atoms with Crippen LogP contribution in [0.5, 0.6) is 0 Å². The number of H-pyrrole nitrogens is 1. The molecule has 0 saturated heterocycles. The predicted octanol–water partition coefficient (Wildman–Crippen LogP) is 2.06. The van der Waals surface area contributed by atoms with Crippen molar-refractivity contribution in [2.24, 2.45) is 0 Å². The predicted molar refractivity (Wildman–Crippen MR) is 104 cm³/mol. The summed E-state index contributed by atoms with van der Waals surface area (Å²) in [6, 6.07) is 14.8. The number of hydrogen-bond acceptors (Lipinski definition) is 6. The first-order chi connectivity index (χ1) is 14.5. The normalized spacial score (nSPS) is 15.3. The van der Waals surface area contributed by atoms with Crippen LogP contribution >= 0.6 is 0 Å². The molecule has 30 heavy (non-hydrogen) atoms. The second kappa shape index (κ2) is 7.78. The number of non-ortho nitro benzene ring substituents is 1. The van der Waals surface area contributed by atoms with Gasteiger partial charge in [0, 0.05) is 35.8 Å². The van der Waals surface area contributed by atoms with E-state index in [2.05, 4.69) is 10.2 Å². The zero-order chi connectivity index (χ0) is 21.3. The lowest BCUT2D eigenvalue weighted by molar-refractivity contribution is -0.384. The van der Waals surface area contributed by atoms with Crippen LogP contribution in [-0.2, 0) is 4.79 Å². The third-order valence-corrected chi connectivity index (χ3v) is 5.11. The molecule has 2 aromatic carbocycles. The molecular weight excluding hydrogens is 388 g/mol. The zero-order valence-electron chi connectivity index (χ0n) is 15.8. The van der Waals surface area contributed by atoms with Crippen molar-refractivity contribution < 1.29 is 19.6 Å². The number of carbonyl (C=O) groups excluding carboxylic acids is 2. The van der Waals surface area contributed by atoms with Crippen molar-refractivity contribution in [2.45, 2.75) is 18.9 Å². The summed E-state index contributed by atoms with van der Waals surface area (Å²) in [4.78, 5) is 36.0. The lowest BCUT2D eigenvalue weighted by atomic mass is 9.96. The van der Waals surface area contributed by atoms with Crippen molar-refractivity contribution in [2.75, 3.05) is 6.54 Å². The van der Waals surface area contributed by atoms with Gasteiger partial charge < -0.3 is 14.8 Å². The second-order valence-electron chi connectivity index (χ2n) is 6.95. The van der Waals surface area contributed by atoms with E-state index < -0.39 is 16.9 Å². The number of nitrogens with one attached hydrogen (secondary N) is 1. The van der Waals surface area contributed by atoms with Gasteiger partial charge in [-0.05, 0) is 30.5 Å². The van der Waals surface area contributed by atoms with Crippen molar-refractivity contribution >= 4 is 17.6 Å². The summed E-state index contributed by atoms with van der Waals surface area (Å²) in [7, 11) is 0. The van der Waals surface area contributed by atoms with Crippen LogP contribution in [0.15, 0.2) is 54.6 Å². The molecule has 1 aliphatic rings. The molecule has 0 unspecified atom stereocenters. The molecule has 0 spiro atoms. The van der Waals surface area contributed by atoms with E-state index in [1.165, 1.54) is 12.1 Å². The summed E-state index contributed by atoms with van der Waals surface area (Å²) in [6.45, 7) is 0.200. The van der Waals surface area contributed by atoms with Gasteiger partial charge in [0.15, 0.2) is 0 Å². The average Bonchev–Trinajstić information content (AvgIpc) is 3.28. The average molecular weight is 405 g/mol. The quantitative estimate of drug-likeness (QED) is 0.473. The fraction of sp³-hybridized carbons (Fsp3) is 0.190. The Bertz CT molecular complexity index is 1110. The molecular formula is C21H17N4O5-. The molecule has 1 amide bonds. The summed E-state index contributed by atoms with van der Waals surface area (Å²) in [5.74, 6) is -1.47. The Labute approximate surface area is 171 Å². The fourth-order valence-electron chi connectivity index (χ4n) is 3.76. The Hall–Kier alpha value is -4.01. The maximum absolute atomic E-state index is 13.1. The number of aromatic nitrogens is 2. The number of carboxylic acid groups (broad SMARTS) is 1. The van der Waals surface area contributed by atoms with E-state index in [0.717, 1.165) is 5.56 Å². The maximum Gasteiger partial charge on any atom is 0.273 e. The van der Waals surface area contributed by atoms with Gasteiger partial charge in [0.2, 0.25) is 0 Å². The van der Waals surface area contributed by atoms with E-state index in [-0.39, 0.29) is 31.0 Å². The number of benzene rings is 2. The Morgan fingerprint density at radius 3 is 2.47 bits per heavy atom. The molecule has 1 aromatic heterocycles. The van der Waals surface area contributed by atoms with Gasteiger partial charge in [-0.3, -0.25) is 20.0 Å². The minimum Gasteiger partial charge on any atom is -0.550 e. The number of hydrogen-bond donors (Lipinski definition) is 1. The Morgan fingerprint density at radius 2 is 1.83 bits per heavy atom. The lowest BCUT2D eigenvalue weighted by Gasteiger charge is -2.26. The summed E-state index contributed by atoms with van der Waals surface area (Å²) in [5, 5.41) is 29.0. The van der Waals surface area contributed by atoms with Crippen LogP contribution in [0.4, 0.5) is 5.69 Å². The van der Waals surface area contributed by atoms with Crippen molar-refractivity contribution in [3.8, 4) is 11.3 Å². The molecule has 0 radical (unpaired) electrons. The number of rotatable bonds is 7. The third-order valence-electron chi connectivity index (χ3n) is 5.11. The van der Waals surface area contributed by atoms with E-state index in [0.29, 0.717) is 22.5 Å². The minimum absolute atomic E-state index is 0.0534. The third kappa shape index (κ3) is 3.41. The highest BCUT2D eigenvalue weighted by Gasteiger charge is 2.41. The molecule has 0 aliphatic carbocycles. The number of carboxylic acids is 1. The first kappa shape index (κ1) is 19.3. The molecule has 1 atom stereocenters. The fourth-order valence-corrected chi connectivity index (χ4v) is 3.76. The van der Waals surface area contributed by atoms with Crippen LogP contribution in [0.2, 0.25) is 0 Å². The molecule has 9 nitrogen and oxygen atoms in total. The smallest absolute Gasteiger partial charge is 0.273 e. The van der Waals surface area contributed by atoms with Gasteiger partial charge >= 0.3 is 0 Å². The molecule has 1 aliphatic heterocycles. The zero-order valence-corrected chi connectivity index (χ0v) is 15.8. The number of aromatic amines is 1. The highest BCUT2D eigenvalue weighted by molar-refractivity contribution is 6.00. The maximum atomic E-state index is 13.1. The largest absolute Gasteiger partial charge is 0.550 e. The van der Waals surface area contributed by atoms with E-state index in [1.807, 2.05) is 30.3 Å². The molecule has 3 aromatic rings. The van der Waals surface area contributed by atoms with Gasteiger partial charge in [-0.2, -0.15) is 5.10 Å².